The molecule has 2 amide bonds. The average molecular weight is 370 g/mol. The number of carbonyl (C=O) groups is 2. The predicted molar refractivity (Wildman–Crippen MR) is 102 cm³/mol. The van der Waals surface area contributed by atoms with Crippen LogP contribution in [0.2, 0.25) is 0 Å². The van der Waals surface area contributed by atoms with Crippen molar-refractivity contribution in [1.82, 2.24) is 4.90 Å². The Morgan fingerprint density at radius 1 is 1.15 bits per heavy atom. The summed E-state index contributed by atoms with van der Waals surface area (Å²) in [6, 6.07) is 11.6. The number of nitrogens with zero attached hydrogens (tertiary/aromatic N) is 1. The van der Waals surface area contributed by atoms with Gasteiger partial charge in [0.15, 0.2) is 0 Å². The average Bonchev–Trinajstić information content (AvgIpc) is 3.12. The van der Waals surface area contributed by atoms with Crippen LogP contribution in [0.4, 0.5) is 5.69 Å². The van der Waals surface area contributed by atoms with Crippen molar-refractivity contribution in [3.63, 3.8) is 0 Å². The topological polar surface area (TPSA) is 58.6 Å². The number of carbonyl (C=O) groups excluding carboxylic acids is 2. The minimum Gasteiger partial charge on any atom is -0.378 e. The quantitative estimate of drug-likeness (QED) is 0.904. The maximum Gasteiger partial charge on any atom is 0.264 e. The van der Waals surface area contributed by atoms with Gasteiger partial charge in [0.2, 0.25) is 5.91 Å². The highest BCUT2D eigenvalue weighted by Crippen LogP contribution is 2.33. The van der Waals surface area contributed by atoms with Gasteiger partial charge in [-0.3, -0.25) is 9.59 Å². The first-order valence-electron chi connectivity index (χ1n) is 9.05. The smallest absolute Gasteiger partial charge is 0.264 e. The molecule has 5 nitrogen and oxygen atoms in total. The highest BCUT2D eigenvalue weighted by atomic mass is 32.1. The Balaban J connectivity index is 1.43. The third-order valence-electron chi connectivity index (χ3n) is 5.00. The highest BCUT2D eigenvalue weighted by molar-refractivity contribution is 7.14. The first-order valence-corrected chi connectivity index (χ1v) is 9.87. The molecule has 6 heteroatoms. The summed E-state index contributed by atoms with van der Waals surface area (Å²) >= 11 is 1.59. The maximum atomic E-state index is 12.7. The van der Waals surface area contributed by atoms with Gasteiger partial charge in [0.05, 0.1) is 18.1 Å². The van der Waals surface area contributed by atoms with Gasteiger partial charge in [-0.25, -0.2) is 0 Å². The molecule has 0 radical (unpaired) electrons. The summed E-state index contributed by atoms with van der Waals surface area (Å²) in [5, 5.41) is 3.00. The summed E-state index contributed by atoms with van der Waals surface area (Å²) in [6.45, 7) is 2.53. The lowest BCUT2D eigenvalue weighted by atomic mass is 9.87. The van der Waals surface area contributed by atoms with Crippen molar-refractivity contribution < 1.29 is 14.3 Å². The summed E-state index contributed by atoms with van der Waals surface area (Å²) in [4.78, 5) is 29.2. The number of thiophene rings is 1. The number of anilines is 1. The lowest BCUT2D eigenvalue weighted by molar-refractivity contribution is -0.120. The van der Waals surface area contributed by atoms with E-state index in [0.29, 0.717) is 32.7 Å². The van der Waals surface area contributed by atoms with Gasteiger partial charge in [-0.2, -0.15) is 0 Å². The molecule has 2 heterocycles. The number of benzene rings is 1. The van der Waals surface area contributed by atoms with Crippen LogP contribution in [0, 0.1) is 5.92 Å². The Hall–Kier alpha value is -2.18. The van der Waals surface area contributed by atoms with E-state index in [0.717, 1.165) is 29.0 Å². The first kappa shape index (κ1) is 17.2. The highest BCUT2D eigenvalue weighted by Gasteiger charge is 2.29. The van der Waals surface area contributed by atoms with Crippen molar-refractivity contribution in [1.29, 1.82) is 0 Å². The second-order valence-corrected chi connectivity index (χ2v) is 7.90. The lowest BCUT2D eigenvalue weighted by Gasteiger charge is -2.26. The third-order valence-corrected chi connectivity index (χ3v) is 6.23. The Morgan fingerprint density at radius 2 is 1.92 bits per heavy atom. The van der Waals surface area contributed by atoms with Gasteiger partial charge in [0, 0.05) is 29.6 Å². The van der Waals surface area contributed by atoms with Gasteiger partial charge in [-0.15, -0.1) is 11.3 Å². The summed E-state index contributed by atoms with van der Waals surface area (Å²) < 4.78 is 5.32. The van der Waals surface area contributed by atoms with E-state index in [1.54, 1.807) is 11.3 Å². The molecule has 2 aromatic rings. The molecule has 1 atom stereocenters. The minimum absolute atomic E-state index is 0.0383. The third kappa shape index (κ3) is 3.66. The van der Waals surface area contributed by atoms with E-state index in [1.165, 1.54) is 4.88 Å². The number of amides is 2. The Morgan fingerprint density at radius 3 is 2.69 bits per heavy atom. The van der Waals surface area contributed by atoms with Crippen LogP contribution in [0.3, 0.4) is 0 Å². The number of aryl methyl sites for hydroxylation is 1. The number of fused-ring (bicyclic) bond motifs is 1. The molecule has 0 bridgehead atoms. The van der Waals surface area contributed by atoms with Crippen LogP contribution in [0.15, 0.2) is 36.4 Å². The normalized spacial score (nSPS) is 19.7. The molecule has 1 aromatic heterocycles. The molecule has 0 saturated carbocycles. The minimum atomic E-state index is -0.0383. The molecule has 1 fully saturated rings. The summed E-state index contributed by atoms with van der Waals surface area (Å²) in [7, 11) is 0. The first-order chi connectivity index (χ1) is 12.7. The van der Waals surface area contributed by atoms with E-state index in [9.17, 15) is 9.59 Å². The van der Waals surface area contributed by atoms with Crippen molar-refractivity contribution in [2.24, 2.45) is 5.92 Å². The molecule has 1 unspecified atom stereocenters. The monoisotopic (exact) mass is 370 g/mol. The van der Waals surface area contributed by atoms with Crippen molar-refractivity contribution in [3.05, 3.63) is 51.7 Å². The Labute approximate surface area is 157 Å². The zero-order valence-electron chi connectivity index (χ0n) is 14.6. The van der Waals surface area contributed by atoms with E-state index in [4.69, 9.17) is 4.74 Å². The van der Waals surface area contributed by atoms with E-state index in [1.807, 2.05) is 41.3 Å². The number of hydrogen-bond donors (Lipinski definition) is 1. The Kier molecular flexibility index (Phi) is 5.04. The largest absolute Gasteiger partial charge is 0.378 e. The zero-order chi connectivity index (χ0) is 17.9. The van der Waals surface area contributed by atoms with Gasteiger partial charge in [0.25, 0.3) is 5.91 Å². The predicted octanol–water partition coefficient (Wildman–Crippen LogP) is 2.96. The van der Waals surface area contributed by atoms with Crippen molar-refractivity contribution in [3.8, 4) is 0 Å². The van der Waals surface area contributed by atoms with Gasteiger partial charge < -0.3 is 15.0 Å². The fourth-order valence-corrected chi connectivity index (χ4v) is 4.72. The summed E-state index contributed by atoms with van der Waals surface area (Å²) in [6.07, 6.45) is 2.40. The molecule has 4 rings (SSSR count). The molecule has 136 valence electrons. The van der Waals surface area contributed by atoms with E-state index < -0.39 is 0 Å². The van der Waals surface area contributed by atoms with E-state index >= 15 is 0 Å². The molecular formula is C20H22N2O3S. The van der Waals surface area contributed by atoms with E-state index in [2.05, 4.69) is 5.32 Å². The fraction of sp³-hybridized carbons (Fsp3) is 0.400. The fourth-order valence-electron chi connectivity index (χ4n) is 3.54. The molecule has 1 aromatic carbocycles. The number of nitrogens with one attached hydrogen (secondary N) is 1. The van der Waals surface area contributed by atoms with Gasteiger partial charge >= 0.3 is 0 Å². The van der Waals surface area contributed by atoms with Crippen LogP contribution in [0.1, 0.15) is 26.5 Å². The van der Waals surface area contributed by atoms with Crippen LogP contribution < -0.4 is 5.32 Å². The standard InChI is InChI=1S/C20H22N2O3S/c23-19(21-16-4-2-1-3-5-16)14-6-7-17-15(12-14)13-18(26-17)20(24)22-8-10-25-11-9-22/h1-5,13-14H,6-12H2,(H,21,23). The van der Waals surface area contributed by atoms with Crippen LogP contribution in [0.5, 0.6) is 0 Å². The SMILES string of the molecule is O=C(Nc1ccccc1)C1CCc2sc(C(=O)N3CCOCC3)cc2C1. The zero-order valence-corrected chi connectivity index (χ0v) is 15.4. The van der Waals surface area contributed by atoms with Crippen LogP contribution in [-0.4, -0.2) is 43.0 Å². The Bertz CT molecular complexity index is 797. The number of morpholine rings is 1. The van der Waals surface area contributed by atoms with Crippen LogP contribution in [0.25, 0.3) is 0 Å². The molecule has 1 aliphatic heterocycles. The van der Waals surface area contributed by atoms with Gasteiger partial charge in [0.1, 0.15) is 0 Å². The number of hydrogen-bond acceptors (Lipinski definition) is 4. The molecule has 26 heavy (non-hydrogen) atoms. The molecule has 0 spiro atoms. The molecule has 2 aliphatic rings. The van der Waals surface area contributed by atoms with Gasteiger partial charge in [-0.05, 0) is 43.0 Å². The second-order valence-electron chi connectivity index (χ2n) is 6.76. The molecule has 1 N–H and O–H groups in total. The van der Waals surface area contributed by atoms with Crippen molar-refractivity contribution in [2.45, 2.75) is 19.3 Å². The maximum absolute atomic E-state index is 12.7. The summed E-state index contributed by atoms with van der Waals surface area (Å²) in [5.41, 5.74) is 1.99. The number of ether oxygens (including phenoxy) is 1. The summed E-state index contributed by atoms with van der Waals surface area (Å²) in [5.74, 6) is 0.121. The molecule has 1 aliphatic carbocycles. The van der Waals surface area contributed by atoms with Crippen LogP contribution in [-0.2, 0) is 22.4 Å². The molecule has 1 saturated heterocycles. The van der Waals surface area contributed by atoms with E-state index in [-0.39, 0.29) is 17.7 Å². The number of para-hydroxylation sites is 1. The lowest BCUT2D eigenvalue weighted by Crippen LogP contribution is -2.40. The van der Waals surface area contributed by atoms with Crippen molar-refractivity contribution in [2.75, 3.05) is 31.6 Å². The van der Waals surface area contributed by atoms with Crippen molar-refractivity contribution >= 4 is 28.8 Å². The van der Waals surface area contributed by atoms with Crippen LogP contribution >= 0.6 is 11.3 Å². The number of rotatable bonds is 3. The second kappa shape index (κ2) is 7.60. The van der Waals surface area contributed by atoms with Gasteiger partial charge in [-0.1, -0.05) is 18.2 Å². The molecular weight excluding hydrogens is 348 g/mol.